The summed E-state index contributed by atoms with van der Waals surface area (Å²) in [4.78, 5) is 30.6. The Kier molecular flexibility index (Phi) is 3.24. The van der Waals surface area contributed by atoms with Crippen LogP contribution in [0.3, 0.4) is 0 Å². The third kappa shape index (κ3) is 2.33. The number of aryl methyl sites for hydroxylation is 2. The standard InChI is InChI=1S/C17H17N3O5/c1-9-10(2)25-14(18-9)7-20-15(21)17(3,19-16(20)22)11-4-5-12-13(6-11)24-8-23-12/h4-6H,7-8H2,1-3H3,(H,19,22). The van der Waals surface area contributed by atoms with Gasteiger partial charge in [0.25, 0.3) is 5.91 Å². The lowest BCUT2D eigenvalue weighted by Crippen LogP contribution is -2.40. The van der Waals surface area contributed by atoms with Crippen LogP contribution in [-0.2, 0) is 16.9 Å². The highest BCUT2D eigenvalue weighted by molar-refractivity contribution is 6.07. The minimum absolute atomic E-state index is 0.0144. The molecular formula is C17H17N3O5. The topological polar surface area (TPSA) is 93.9 Å². The molecule has 3 amide bonds. The number of carbonyl (C=O) groups excluding carboxylic acids is 2. The molecule has 1 aromatic heterocycles. The lowest BCUT2D eigenvalue weighted by molar-refractivity contribution is -0.131. The van der Waals surface area contributed by atoms with Crippen molar-refractivity contribution in [3.05, 3.63) is 41.1 Å². The zero-order valence-corrected chi connectivity index (χ0v) is 14.1. The summed E-state index contributed by atoms with van der Waals surface area (Å²) in [5.74, 6) is 1.80. The zero-order valence-electron chi connectivity index (χ0n) is 14.1. The van der Waals surface area contributed by atoms with Crippen LogP contribution in [0.2, 0.25) is 0 Å². The summed E-state index contributed by atoms with van der Waals surface area (Å²) in [6.45, 7) is 5.39. The molecule has 25 heavy (non-hydrogen) atoms. The highest BCUT2D eigenvalue weighted by atomic mass is 16.7. The van der Waals surface area contributed by atoms with Crippen molar-refractivity contribution in [2.75, 3.05) is 6.79 Å². The SMILES string of the molecule is Cc1nc(CN2C(=O)NC(C)(c3ccc4c(c3)OCO4)C2=O)oc1C. The molecule has 2 aliphatic heterocycles. The number of nitrogens with one attached hydrogen (secondary N) is 1. The number of hydrogen-bond acceptors (Lipinski definition) is 6. The maximum atomic E-state index is 12.9. The van der Waals surface area contributed by atoms with Gasteiger partial charge in [0.1, 0.15) is 17.8 Å². The van der Waals surface area contributed by atoms with Crippen LogP contribution < -0.4 is 14.8 Å². The van der Waals surface area contributed by atoms with E-state index in [0.717, 1.165) is 10.6 Å². The second kappa shape index (κ2) is 5.23. The van der Waals surface area contributed by atoms with Crippen molar-refractivity contribution < 1.29 is 23.5 Å². The molecule has 1 atom stereocenters. The highest BCUT2D eigenvalue weighted by Gasteiger charge is 2.49. The molecule has 1 saturated heterocycles. The first kappa shape index (κ1) is 15.5. The van der Waals surface area contributed by atoms with Crippen molar-refractivity contribution >= 4 is 11.9 Å². The number of amides is 3. The van der Waals surface area contributed by atoms with E-state index in [1.54, 1.807) is 32.0 Å². The number of rotatable bonds is 3. The predicted octanol–water partition coefficient (Wildman–Crippen LogP) is 1.99. The fourth-order valence-corrected chi connectivity index (χ4v) is 2.99. The molecular weight excluding hydrogens is 326 g/mol. The van der Waals surface area contributed by atoms with Crippen LogP contribution in [0.4, 0.5) is 4.79 Å². The molecule has 1 N–H and O–H groups in total. The van der Waals surface area contributed by atoms with Gasteiger partial charge in [0, 0.05) is 0 Å². The van der Waals surface area contributed by atoms with Crippen LogP contribution in [0.1, 0.15) is 29.8 Å². The summed E-state index contributed by atoms with van der Waals surface area (Å²) < 4.78 is 16.1. The van der Waals surface area contributed by atoms with E-state index in [0.29, 0.717) is 28.7 Å². The molecule has 0 radical (unpaired) electrons. The van der Waals surface area contributed by atoms with Gasteiger partial charge in [-0.1, -0.05) is 6.07 Å². The number of fused-ring (bicyclic) bond motifs is 1. The number of carbonyl (C=O) groups is 2. The van der Waals surface area contributed by atoms with E-state index in [1.807, 2.05) is 6.92 Å². The van der Waals surface area contributed by atoms with Gasteiger partial charge in [-0.3, -0.25) is 9.69 Å². The summed E-state index contributed by atoms with van der Waals surface area (Å²) in [5, 5.41) is 2.75. The Hall–Kier alpha value is -3.03. The van der Waals surface area contributed by atoms with E-state index in [1.165, 1.54) is 0 Å². The van der Waals surface area contributed by atoms with Crippen molar-refractivity contribution in [2.45, 2.75) is 32.9 Å². The van der Waals surface area contributed by atoms with Crippen molar-refractivity contribution in [3.63, 3.8) is 0 Å². The average Bonchev–Trinajstić information content (AvgIpc) is 3.22. The molecule has 2 aromatic rings. The van der Waals surface area contributed by atoms with E-state index < -0.39 is 11.6 Å². The highest BCUT2D eigenvalue weighted by Crippen LogP contribution is 2.38. The Bertz CT molecular complexity index is 871. The van der Waals surface area contributed by atoms with Gasteiger partial charge in [0.15, 0.2) is 11.5 Å². The number of imide groups is 1. The van der Waals surface area contributed by atoms with Crippen LogP contribution in [0.25, 0.3) is 0 Å². The third-order valence-corrected chi connectivity index (χ3v) is 4.59. The Labute approximate surface area is 143 Å². The number of urea groups is 1. The number of aromatic nitrogens is 1. The Morgan fingerprint density at radius 2 is 2.00 bits per heavy atom. The van der Waals surface area contributed by atoms with Crippen LogP contribution in [0, 0.1) is 13.8 Å². The summed E-state index contributed by atoms with van der Waals surface area (Å²) in [5.41, 5.74) is 0.173. The minimum Gasteiger partial charge on any atom is -0.454 e. The second-order valence-corrected chi connectivity index (χ2v) is 6.26. The first-order chi connectivity index (χ1) is 11.9. The van der Waals surface area contributed by atoms with Crippen molar-refractivity contribution in [3.8, 4) is 11.5 Å². The van der Waals surface area contributed by atoms with Crippen molar-refractivity contribution in [1.82, 2.24) is 15.2 Å². The molecule has 4 rings (SSSR count). The van der Waals surface area contributed by atoms with Crippen LogP contribution >= 0.6 is 0 Å². The molecule has 0 spiro atoms. The van der Waals surface area contributed by atoms with Gasteiger partial charge >= 0.3 is 6.03 Å². The van der Waals surface area contributed by atoms with Crippen LogP contribution in [0.15, 0.2) is 22.6 Å². The van der Waals surface area contributed by atoms with E-state index in [9.17, 15) is 9.59 Å². The summed E-state index contributed by atoms with van der Waals surface area (Å²) in [6, 6.07) is 4.70. The fraction of sp³-hybridized carbons (Fsp3) is 0.353. The van der Waals surface area contributed by atoms with Gasteiger partial charge in [-0.05, 0) is 38.5 Å². The van der Waals surface area contributed by atoms with Crippen LogP contribution in [-0.4, -0.2) is 28.6 Å². The monoisotopic (exact) mass is 343 g/mol. The molecule has 1 unspecified atom stereocenters. The molecule has 1 fully saturated rings. The quantitative estimate of drug-likeness (QED) is 0.857. The number of oxazole rings is 1. The van der Waals surface area contributed by atoms with Gasteiger partial charge < -0.3 is 19.2 Å². The van der Waals surface area contributed by atoms with E-state index in [2.05, 4.69) is 10.3 Å². The maximum Gasteiger partial charge on any atom is 0.325 e. The van der Waals surface area contributed by atoms with E-state index >= 15 is 0 Å². The number of ether oxygens (including phenoxy) is 2. The number of nitrogens with zero attached hydrogens (tertiary/aromatic N) is 2. The van der Waals surface area contributed by atoms with Crippen LogP contribution in [0.5, 0.6) is 11.5 Å². The Morgan fingerprint density at radius 1 is 1.24 bits per heavy atom. The summed E-state index contributed by atoms with van der Waals surface area (Å²) in [6.07, 6.45) is 0. The molecule has 0 bridgehead atoms. The van der Waals surface area contributed by atoms with Gasteiger partial charge in [0.05, 0.1) is 5.69 Å². The maximum absolute atomic E-state index is 12.9. The molecule has 3 heterocycles. The lowest BCUT2D eigenvalue weighted by Gasteiger charge is -2.22. The predicted molar refractivity (Wildman–Crippen MR) is 85.0 cm³/mol. The first-order valence-electron chi connectivity index (χ1n) is 7.85. The molecule has 0 aliphatic carbocycles. The third-order valence-electron chi connectivity index (χ3n) is 4.59. The van der Waals surface area contributed by atoms with Gasteiger partial charge in [0.2, 0.25) is 12.7 Å². The molecule has 1 aromatic carbocycles. The number of hydrogen-bond donors (Lipinski definition) is 1. The fourth-order valence-electron chi connectivity index (χ4n) is 2.99. The summed E-state index contributed by atoms with van der Waals surface area (Å²) >= 11 is 0. The van der Waals surface area contributed by atoms with E-state index in [4.69, 9.17) is 13.9 Å². The van der Waals surface area contributed by atoms with E-state index in [-0.39, 0.29) is 19.2 Å². The molecule has 8 nitrogen and oxygen atoms in total. The molecule has 130 valence electrons. The van der Waals surface area contributed by atoms with Crippen molar-refractivity contribution in [2.24, 2.45) is 0 Å². The Balaban J connectivity index is 1.63. The summed E-state index contributed by atoms with van der Waals surface area (Å²) in [7, 11) is 0. The van der Waals surface area contributed by atoms with Crippen molar-refractivity contribution in [1.29, 1.82) is 0 Å². The minimum atomic E-state index is -1.19. The Morgan fingerprint density at radius 3 is 2.72 bits per heavy atom. The molecule has 0 saturated carbocycles. The first-order valence-corrected chi connectivity index (χ1v) is 7.85. The average molecular weight is 343 g/mol. The van der Waals surface area contributed by atoms with Gasteiger partial charge in [-0.2, -0.15) is 0 Å². The van der Waals surface area contributed by atoms with Gasteiger partial charge in [-0.25, -0.2) is 9.78 Å². The normalized spacial score (nSPS) is 21.8. The molecule has 2 aliphatic rings. The number of benzene rings is 1. The zero-order chi connectivity index (χ0) is 17.8. The largest absolute Gasteiger partial charge is 0.454 e. The second-order valence-electron chi connectivity index (χ2n) is 6.26. The van der Waals surface area contributed by atoms with Gasteiger partial charge in [-0.15, -0.1) is 0 Å². The smallest absolute Gasteiger partial charge is 0.325 e. The lowest BCUT2D eigenvalue weighted by atomic mass is 9.91. The molecule has 8 heteroatoms.